The van der Waals surface area contributed by atoms with Crippen LogP contribution in [0, 0.1) is 0 Å². The Labute approximate surface area is 91.3 Å². The van der Waals surface area contributed by atoms with E-state index < -0.39 is 0 Å². The fraction of sp³-hybridized carbons (Fsp3) is 0.462. The minimum atomic E-state index is -0.227. The molecule has 2 heteroatoms. The van der Waals surface area contributed by atoms with Crippen LogP contribution in [-0.2, 0) is 29.0 Å². The molecule has 0 unspecified atom stereocenters. The highest BCUT2D eigenvalue weighted by Gasteiger charge is 2.01. The summed E-state index contributed by atoms with van der Waals surface area (Å²) in [7, 11) is 0. The quantitative estimate of drug-likeness (QED) is 0.708. The van der Waals surface area contributed by atoms with Crippen LogP contribution in [0.3, 0.4) is 0 Å². The first-order chi connectivity index (χ1) is 7.15. The van der Waals surface area contributed by atoms with Gasteiger partial charge in [-0.1, -0.05) is 32.0 Å². The molecule has 2 nitrogen and oxygen atoms in total. The zero-order valence-corrected chi connectivity index (χ0v) is 9.67. The van der Waals surface area contributed by atoms with Crippen molar-refractivity contribution in [2.75, 3.05) is 0 Å². The van der Waals surface area contributed by atoms with E-state index in [-0.39, 0.29) is 5.97 Å². The average Bonchev–Trinajstić information content (AvgIpc) is 2.25. The van der Waals surface area contributed by atoms with E-state index in [0.717, 1.165) is 18.4 Å². The largest absolute Gasteiger partial charge is 0.461 e. The van der Waals surface area contributed by atoms with Crippen LogP contribution in [-0.4, -0.2) is 5.97 Å². The van der Waals surface area contributed by atoms with E-state index >= 15 is 0 Å². The van der Waals surface area contributed by atoms with E-state index in [4.69, 9.17) is 4.74 Å². The van der Waals surface area contributed by atoms with Crippen molar-refractivity contribution in [2.24, 2.45) is 0 Å². The summed E-state index contributed by atoms with van der Waals surface area (Å²) in [5, 5.41) is 0. The molecule has 82 valence electrons. The van der Waals surface area contributed by atoms with Crippen LogP contribution < -0.4 is 0 Å². The molecule has 0 radical (unpaired) electrons. The average molecular weight is 206 g/mol. The van der Waals surface area contributed by atoms with Crippen molar-refractivity contribution >= 4 is 5.97 Å². The highest BCUT2D eigenvalue weighted by molar-refractivity contribution is 5.65. The zero-order valence-electron chi connectivity index (χ0n) is 9.67. The van der Waals surface area contributed by atoms with Gasteiger partial charge in [-0.2, -0.15) is 0 Å². The number of hydrogen-bond acceptors (Lipinski definition) is 2. The summed E-state index contributed by atoms with van der Waals surface area (Å²) in [6.45, 7) is 6.08. The van der Waals surface area contributed by atoms with Gasteiger partial charge in [0.1, 0.15) is 6.61 Å². The van der Waals surface area contributed by atoms with Crippen molar-refractivity contribution in [1.82, 2.24) is 0 Å². The number of aryl methyl sites for hydroxylation is 2. The molecule has 0 N–H and O–H groups in total. The van der Waals surface area contributed by atoms with E-state index in [1.54, 1.807) is 0 Å². The van der Waals surface area contributed by atoms with Crippen LogP contribution in [0.15, 0.2) is 18.2 Å². The lowest BCUT2D eigenvalue weighted by Crippen LogP contribution is -2.00. The lowest BCUT2D eigenvalue weighted by atomic mass is 10.0. The molecule has 0 bridgehead atoms. The van der Waals surface area contributed by atoms with Crippen molar-refractivity contribution in [3.8, 4) is 0 Å². The van der Waals surface area contributed by atoms with Crippen LogP contribution in [0.25, 0.3) is 0 Å². The number of carbonyl (C=O) groups excluding carboxylic acids is 1. The summed E-state index contributed by atoms with van der Waals surface area (Å²) in [6.07, 6.45) is 2.03. The van der Waals surface area contributed by atoms with Gasteiger partial charge in [0.2, 0.25) is 0 Å². The first-order valence-corrected chi connectivity index (χ1v) is 5.40. The Morgan fingerprint density at radius 1 is 1.07 bits per heavy atom. The Morgan fingerprint density at radius 2 is 1.53 bits per heavy atom. The zero-order chi connectivity index (χ0) is 11.3. The van der Waals surface area contributed by atoms with Gasteiger partial charge in [-0.25, -0.2) is 0 Å². The third kappa shape index (κ3) is 3.74. The van der Waals surface area contributed by atoms with E-state index in [9.17, 15) is 4.79 Å². The van der Waals surface area contributed by atoms with Crippen molar-refractivity contribution in [3.63, 3.8) is 0 Å². The monoisotopic (exact) mass is 206 g/mol. The molecule has 0 amide bonds. The highest BCUT2D eigenvalue weighted by atomic mass is 16.5. The fourth-order valence-corrected chi connectivity index (χ4v) is 1.52. The standard InChI is InChI=1S/C13H18O2/c1-4-11-6-12(5-2)8-13(7-11)9-15-10(3)14/h6-8H,4-5,9H2,1-3H3. The van der Waals surface area contributed by atoms with Crippen molar-refractivity contribution in [2.45, 2.75) is 40.2 Å². The van der Waals surface area contributed by atoms with Gasteiger partial charge in [0.05, 0.1) is 0 Å². The van der Waals surface area contributed by atoms with Gasteiger partial charge in [-0.15, -0.1) is 0 Å². The maximum absolute atomic E-state index is 10.7. The topological polar surface area (TPSA) is 26.3 Å². The van der Waals surface area contributed by atoms with E-state index in [2.05, 4.69) is 32.0 Å². The Morgan fingerprint density at radius 3 is 1.93 bits per heavy atom. The minimum Gasteiger partial charge on any atom is -0.461 e. The summed E-state index contributed by atoms with van der Waals surface area (Å²) in [4.78, 5) is 10.7. The Bertz CT molecular complexity index is 320. The molecule has 0 aliphatic rings. The number of carbonyl (C=O) groups is 1. The second kappa shape index (κ2) is 5.54. The molecule has 0 saturated carbocycles. The third-order valence-electron chi connectivity index (χ3n) is 2.37. The second-order valence-corrected chi connectivity index (χ2v) is 3.65. The van der Waals surface area contributed by atoms with Gasteiger partial charge in [0, 0.05) is 6.92 Å². The predicted molar refractivity (Wildman–Crippen MR) is 60.7 cm³/mol. The van der Waals surface area contributed by atoms with Crippen LogP contribution in [0.2, 0.25) is 0 Å². The molecular formula is C13H18O2. The van der Waals surface area contributed by atoms with E-state index in [1.165, 1.54) is 18.1 Å². The van der Waals surface area contributed by atoms with Crippen LogP contribution in [0.4, 0.5) is 0 Å². The number of hydrogen-bond donors (Lipinski definition) is 0. The van der Waals surface area contributed by atoms with Crippen LogP contribution in [0.5, 0.6) is 0 Å². The molecule has 1 aromatic carbocycles. The maximum Gasteiger partial charge on any atom is 0.302 e. The summed E-state index contributed by atoms with van der Waals surface area (Å²) in [5.74, 6) is -0.227. The predicted octanol–water partition coefficient (Wildman–Crippen LogP) is 2.87. The highest BCUT2D eigenvalue weighted by Crippen LogP contribution is 2.12. The third-order valence-corrected chi connectivity index (χ3v) is 2.37. The van der Waals surface area contributed by atoms with Crippen LogP contribution in [0.1, 0.15) is 37.5 Å². The molecule has 0 aromatic heterocycles. The van der Waals surface area contributed by atoms with Gasteiger partial charge in [0.15, 0.2) is 0 Å². The summed E-state index contributed by atoms with van der Waals surface area (Å²) >= 11 is 0. The van der Waals surface area contributed by atoms with Crippen molar-refractivity contribution in [1.29, 1.82) is 0 Å². The summed E-state index contributed by atoms with van der Waals surface area (Å²) in [6, 6.07) is 6.40. The molecule has 0 heterocycles. The van der Waals surface area contributed by atoms with Crippen molar-refractivity contribution in [3.05, 3.63) is 34.9 Å². The molecular weight excluding hydrogens is 188 g/mol. The normalized spacial score (nSPS) is 10.1. The molecule has 0 saturated heterocycles. The SMILES string of the molecule is CCc1cc(CC)cc(COC(C)=O)c1. The molecule has 0 spiro atoms. The number of ether oxygens (including phenoxy) is 1. The fourth-order valence-electron chi connectivity index (χ4n) is 1.52. The lowest BCUT2D eigenvalue weighted by molar-refractivity contribution is -0.142. The number of benzene rings is 1. The van der Waals surface area contributed by atoms with E-state index in [1.807, 2.05) is 0 Å². The van der Waals surface area contributed by atoms with Gasteiger partial charge in [-0.3, -0.25) is 4.79 Å². The van der Waals surface area contributed by atoms with Gasteiger partial charge >= 0.3 is 5.97 Å². The number of rotatable bonds is 4. The molecule has 0 aliphatic carbocycles. The molecule has 0 atom stereocenters. The summed E-state index contributed by atoms with van der Waals surface area (Å²) in [5.41, 5.74) is 3.69. The maximum atomic E-state index is 10.7. The first kappa shape index (κ1) is 11.8. The van der Waals surface area contributed by atoms with Crippen molar-refractivity contribution < 1.29 is 9.53 Å². The second-order valence-electron chi connectivity index (χ2n) is 3.65. The molecule has 1 rings (SSSR count). The van der Waals surface area contributed by atoms with Gasteiger partial charge in [0.25, 0.3) is 0 Å². The molecule has 15 heavy (non-hydrogen) atoms. The molecule has 0 fully saturated rings. The van der Waals surface area contributed by atoms with Gasteiger partial charge in [-0.05, 0) is 29.5 Å². The lowest BCUT2D eigenvalue weighted by Gasteiger charge is -2.07. The Kier molecular flexibility index (Phi) is 4.35. The van der Waals surface area contributed by atoms with Crippen LogP contribution >= 0.6 is 0 Å². The smallest absolute Gasteiger partial charge is 0.302 e. The Balaban J connectivity index is 2.81. The minimum absolute atomic E-state index is 0.227. The summed E-state index contributed by atoms with van der Waals surface area (Å²) < 4.78 is 4.99. The number of esters is 1. The first-order valence-electron chi connectivity index (χ1n) is 5.40. The van der Waals surface area contributed by atoms with Gasteiger partial charge < -0.3 is 4.74 Å². The Hall–Kier alpha value is -1.31. The molecule has 0 aliphatic heterocycles. The van der Waals surface area contributed by atoms with E-state index in [0.29, 0.717) is 6.61 Å². The molecule has 1 aromatic rings.